The number of hydrogen-bond acceptors (Lipinski definition) is 5. The van der Waals surface area contributed by atoms with Gasteiger partial charge >= 0.3 is 0 Å². The van der Waals surface area contributed by atoms with Crippen molar-refractivity contribution in [3.63, 3.8) is 0 Å². The number of nitrogen functional groups attached to an aromatic ring is 1. The molecule has 20 heavy (non-hydrogen) atoms. The van der Waals surface area contributed by atoms with Crippen LogP contribution in [0.1, 0.15) is 19.3 Å². The Hall–Kier alpha value is -1.40. The summed E-state index contributed by atoms with van der Waals surface area (Å²) >= 11 is 0. The van der Waals surface area contributed by atoms with E-state index in [1.54, 1.807) is 18.2 Å². The van der Waals surface area contributed by atoms with E-state index in [1.807, 2.05) is 0 Å². The van der Waals surface area contributed by atoms with Gasteiger partial charge in [0.05, 0.1) is 0 Å². The van der Waals surface area contributed by atoms with Gasteiger partial charge in [0, 0.05) is 11.4 Å². The normalized spacial score (nSPS) is 17.8. The Morgan fingerprint density at radius 3 is 2.95 bits per heavy atom. The highest BCUT2D eigenvalue weighted by Gasteiger charge is 2.15. The molecule has 1 aliphatic heterocycles. The van der Waals surface area contributed by atoms with Crippen LogP contribution in [0.4, 0.5) is 5.69 Å². The van der Waals surface area contributed by atoms with Gasteiger partial charge in [-0.25, -0.2) is 9.19 Å². The first-order valence-electron chi connectivity index (χ1n) is 6.99. The van der Waals surface area contributed by atoms with Gasteiger partial charge < -0.3 is 15.1 Å². The fourth-order valence-corrected chi connectivity index (χ4v) is 3.48. The summed E-state index contributed by atoms with van der Waals surface area (Å²) in [5.41, 5.74) is 7.65. The van der Waals surface area contributed by atoms with E-state index in [1.165, 1.54) is 25.9 Å². The minimum atomic E-state index is -1.17. The maximum atomic E-state index is 12.2. The SMILES string of the molecule is Nc1ccc2oc(S(=O)CCCN3CCCC3)nc2c1. The molecule has 5 nitrogen and oxygen atoms in total. The summed E-state index contributed by atoms with van der Waals surface area (Å²) in [5.74, 6) is 0.596. The predicted molar refractivity (Wildman–Crippen MR) is 80.0 cm³/mol. The van der Waals surface area contributed by atoms with Crippen molar-refractivity contribution >= 4 is 27.6 Å². The molecule has 0 saturated carbocycles. The molecule has 0 aliphatic carbocycles. The van der Waals surface area contributed by atoms with Crippen LogP contribution >= 0.6 is 0 Å². The number of likely N-dealkylation sites (tertiary alicyclic amines) is 1. The highest BCUT2D eigenvalue weighted by molar-refractivity contribution is 7.84. The zero-order valence-corrected chi connectivity index (χ0v) is 12.2. The summed E-state index contributed by atoms with van der Waals surface area (Å²) in [6, 6.07) is 5.26. The maximum absolute atomic E-state index is 12.2. The molecule has 0 bridgehead atoms. The number of oxazole rings is 1. The summed E-state index contributed by atoms with van der Waals surface area (Å²) < 4.78 is 17.7. The largest absolute Gasteiger partial charge is 0.430 e. The van der Waals surface area contributed by atoms with E-state index in [4.69, 9.17) is 10.2 Å². The standard InChI is InChI=1S/C14H19N3O2S/c15-11-4-5-13-12(10-11)16-14(19-13)20(18)9-3-8-17-6-1-2-7-17/h4-5,10H,1-3,6-9,15H2. The fourth-order valence-electron chi connectivity index (χ4n) is 2.53. The second-order valence-corrected chi connectivity index (χ2v) is 6.61. The Morgan fingerprint density at radius 2 is 2.15 bits per heavy atom. The van der Waals surface area contributed by atoms with Gasteiger partial charge in [0.2, 0.25) is 0 Å². The third-order valence-corrected chi connectivity index (χ3v) is 4.81. The average molecular weight is 293 g/mol. The predicted octanol–water partition coefficient (Wildman–Crippen LogP) is 2.00. The van der Waals surface area contributed by atoms with E-state index in [0.29, 0.717) is 27.8 Å². The van der Waals surface area contributed by atoms with Crippen molar-refractivity contribution in [2.45, 2.75) is 24.5 Å². The lowest BCUT2D eigenvalue weighted by Gasteiger charge is -2.13. The van der Waals surface area contributed by atoms with Gasteiger partial charge in [-0.1, -0.05) is 0 Å². The number of fused-ring (bicyclic) bond motifs is 1. The molecule has 1 unspecified atom stereocenters. The van der Waals surface area contributed by atoms with E-state index < -0.39 is 10.8 Å². The zero-order chi connectivity index (χ0) is 13.9. The monoisotopic (exact) mass is 293 g/mol. The maximum Gasteiger partial charge on any atom is 0.287 e. The number of nitrogens with zero attached hydrogens (tertiary/aromatic N) is 2. The first-order chi connectivity index (χ1) is 9.72. The topological polar surface area (TPSA) is 72.4 Å². The van der Waals surface area contributed by atoms with Gasteiger partial charge in [0.25, 0.3) is 5.22 Å². The number of benzene rings is 1. The van der Waals surface area contributed by atoms with Crippen molar-refractivity contribution in [1.82, 2.24) is 9.88 Å². The van der Waals surface area contributed by atoms with Crippen molar-refractivity contribution in [3.05, 3.63) is 18.2 Å². The van der Waals surface area contributed by atoms with Crippen LogP contribution in [0.3, 0.4) is 0 Å². The van der Waals surface area contributed by atoms with Gasteiger partial charge in [-0.15, -0.1) is 0 Å². The van der Waals surface area contributed by atoms with E-state index in [-0.39, 0.29) is 0 Å². The summed E-state index contributed by atoms with van der Waals surface area (Å²) in [4.78, 5) is 6.68. The Kier molecular flexibility index (Phi) is 4.03. The van der Waals surface area contributed by atoms with Crippen molar-refractivity contribution in [2.75, 3.05) is 31.1 Å². The average Bonchev–Trinajstić information content (AvgIpc) is 3.06. The third-order valence-electron chi connectivity index (χ3n) is 3.59. The first-order valence-corrected chi connectivity index (χ1v) is 8.31. The summed E-state index contributed by atoms with van der Waals surface area (Å²) in [6.45, 7) is 3.36. The summed E-state index contributed by atoms with van der Waals surface area (Å²) in [6.07, 6.45) is 3.48. The molecule has 1 aromatic heterocycles. The van der Waals surface area contributed by atoms with Gasteiger partial charge in [0.15, 0.2) is 5.58 Å². The molecule has 1 saturated heterocycles. The Balaban J connectivity index is 1.60. The molecule has 2 aromatic rings. The quantitative estimate of drug-likeness (QED) is 0.854. The Morgan fingerprint density at radius 1 is 1.35 bits per heavy atom. The van der Waals surface area contributed by atoms with Crippen LogP contribution in [0.15, 0.2) is 27.8 Å². The number of aromatic nitrogens is 1. The molecule has 6 heteroatoms. The molecule has 1 fully saturated rings. The number of hydrogen-bond donors (Lipinski definition) is 1. The molecule has 2 heterocycles. The second kappa shape index (κ2) is 5.93. The van der Waals surface area contributed by atoms with Crippen LogP contribution < -0.4 is 5.73 Å². The van der Waals surface area contributed by atoms with Crippen LogP contribution in [-0.2, 0) is 10.8 Å². The van der Waals surface area contributed by atoms with Gasteiger partial charge in [-0.3, -0.25) is 0 Å². The molecule has 2 N–H and O–H groups in total. The highest BCUT2D eigenvalue weighted by Crippen LogP contribution is 2.20. The van der Waals surface area contributed by atoms with Crippen LogP contribution in [0.25, 0.3) is 11.1 Å². The van der Waals surface area contributed by atoms with E-state index in [9.17, 15) is 4.21 Å². The van der Waals surface area contributed by atoms with Crippen molar-refractivity contribution < 1.29 is 8.63 Å². The molecule has 3 rings (SSSR count). The zero-order valence-electron chi connectivity index (χ0n) is 11.4. The minimum absolute atomic E-state index is 0.312. The molecule has 0 amide bonds. The summed E-state index contributed by atoms with van der Waals surface area (Å²) in [7, 11) is -1.17. The van der Waals surface area contributed by atoms with Gasteiger partial charge in [-0.05, 0) is 57.1 Å². The Labute approximate surface area is 120 Å². The molecule has 0 radical (unpaired) electrons. The second-order valence-electron chi connectivity index (χ2n) is 5.16. The van der Waals surface area contributed by atoms with Crippen LogP contribution in [0, 0.1) is 0 Å². The summed E-state index contributed by atoms with van der Waals surface area (Å²) in [5, 5.41) is 0.312. The van der Waals surface area contributed by atoms with Crippen molar-refractivity contribution in [2.24, 2.45) is 0 Å². The van der Waals surface area contributed by atoms with Crippen LogP contribution in [0.5, 0.6) is 0 Å². The van der Waals surface area contributed by atoms with Gasteiger partial charge in [0.1, 0.15) is 16.3 Å². The third kappa shape index (κ3) is 3.02. The fraction of sp³-hybridized carbons (Fsp3) is 0.500. The van der Waals surface area contributed by atoms with Crippen molar-refractivity contribution in [1.29, 1.82) is 0 Å². The first kappa shape index (κ1) is 13.6. The number of nitrogens with two attached hydrogens (primary N) is 1. The van der Waals surface area contributed by atoms with Crippen molar-refractivity contribution in [3.8, 4) is 0 Å². The van der Waals surface area contributed by atoms with E-state index >= 15 is 0 Å². The molecular weight excluding hydrogens is 274 g/mol. The lowest BCUT2D eigenvalue weighted by atomic mass is 10.3. The molecule has 1 aromatic carbocycles. The molecule has 0 spiro atoms. The van der Waals surface area contributed by atoms with Crippen LogP contribution in [-0.4, -0.2) is 39.5 Å². The lowest BCUT2D eigenvalue weighted by Crippen LogP contribution is -2.21. The number of rotatable bonds is 5. The van der Waals surface area contributed by atoms with Crippen LogP contribution in [0.2, 0.25) is 0 Å². The highest BCUT2D eigenvalue weighted by atomic mass is 32.2. The smallest absolute Gasteiger partial charge is 0.287 e. The molecular formula is C14H19N3O2S. The van der Waals surface area contributed by atoms with E-state index in [0.717, 1.165) is 13.0 Å². The minimum Gasteiger partial charge on any atom is -0.430 e. The van der Waals surface area contributed by atoms with E-state index in [2.05, 4.69) is 9.88 Å². The molecule has 108 valence electrons. The lowest BCUT2D eigenvalue weighted by molar-refractivity contribution is 0.340. The van der Waals surface area contributed by atoms with Gasteiger partial charge in [-0.2, -0.15) is 0 Å². The molecule has 1 aliphatic rings. The molecule has 1 atom stereocenters. The number of anilines is 1. The Bertz CT molecular complexity index is 620.